The monoisotopic (exact) mass is 255 g/mol. The summed E-state index contributed by atoms with van der Waals surface area (Å²) >= 11 is 3.05. The van der Waals surface area contributed by atoms with Gasteiger partial charge in [-0.05, 0) is 28.1 Å². The van der Waals surface area contributed by atoms with Crippen LogP contribution in [0.15, 0.2) is 16.6 Å². The van der Waals surface area contributed by atoms with E-state index in [2.05, 4.69) is 15.9 Å². The third-order valence-corrected chi connectivity index (χ3v) is 2.49. The maximum absolute atomic E-state index is 10.7. The Morgan fingerprint density at radius 1 is 1.64 bits per heavy atom. The van der Waals surface area contributed by atoms with Gasteiger partial charge in [0, 0.05) is 0 Å². The summed E-state index contributed by atoms with van der Waals surface area (Å²) in [5.74, 6) is -0.736. The second kappa shape index (κ2) is 4.11. The fourth-order valence-electron chi connectivity index (χ4n) is 0.998. The van der Waals surface area contributed by atoms with E-state index in [9.17, 15) is 4.79 Å². The number of nitriles is 1. The number of halogens is 1. The predicted molar refractivity (Wildman–Crippen MR) is 52.4 cm³/mol. The third kappa shape index (κ3) is 1.70. The Hall–Kier alpha value is -1.54. The van der Waals surface area contributed by atoms with Crippen molar-refractivity contribution in [2.24, 2.45) is 0 Å². The molecule has 0 heterocycles. The lowest BCUT2D eigenvalue weighted by molar-refractivity contribution is 0.0696. The number of carboxylic acid groups (broad SMARTS) is 1. The SMILES string of the molecule is COc1ccc(C(=O)O)c(Br)c1C#N. The lowest BCUT2D eigenvalue weighted by atomic mass is 10.1. The summed E-state index contributed by atoms with van der Waals surface area (Å²) in [7, 11) is 1.42. The van der Waals surface area contributed by atoms with Crippen molar-refractivity contribution in [3.8, 4) is 11.8 Å². The van der Waals surface area contributed by atoms with Gasteiger partial charge in [-0.15, -0.1) is 0 Å². The maximum Gasteiger partial charge on any atom is 0.336 e. The summed E-state index contributed by atoms with van der Waals surface area (Å²) in [5.41, 5.74) is 0.231. The van der Waals surface area contributed by atoms with E-state index >= 15 is 0 Å². The first-order valence-corrected chi connectivity index (χ1v) is 4.41. The number of carboxylic acids is 1. The first-order valence-electron chi connectivity index (χ1n) is 3.61. The molecule has 0 spiro atoms. The highest BCUT2D eigenvalue weighted by atomic mass is 79.9. The van der Waals surface area contributed by atoms with Crippen molar-refractivity contribution in [1.82, 2.24) is 0 Å². The molecule has 0 aliphatic heterocycles. The van der Waals surface area contributed by atoms with Crippen LogP contribution in [0.2, 0.25) is 0 Å². The van der Waals surface area contributed by atoms with E-state index in [0.29, 0.717) is 5.75 Å². The van der Waals surface area contributed by atoms with E-state index < -0.39 is 5.97 Å². The molecule has 4 nitrogen and oxygen atoms in total. The Balaban J connectivity index is 3.44. The van der Waals surface area contributed by atoms with Gasteiger partial charge in [0.2, 0.25) is 0 Å². The molecule has 0 aliphatic rings. The largest absolute Gasteiger partial charge is 0.495 e. The number of nitrogens with zero attached hydrogens (tertiary/aromatic N) is 1. The second-order valence-corrected chi connectivity index (χ2v) is 3.21. The lowest BCUT2D eigenvalue weighted by Crippen LogP contribution is -2.00. The van der Waals surface area contributed by atoms with E-state index in [1.165, 1.54) is 19.2 Å². The van der Waals surface area contributed by atoms with Gasteiger partial charge in [0.05, 0.1) is 17.1 Å². The van der Waals surface area contributed by atoms with Crippen LogP contribution in [0.5, 0.6) is 5.75 Å². The highest BCUT2D eigenvalue weighted by Gasteiger charge is 2.15. The molecular formula is C9H6BrNO3. The molecule has 1 aromatic rings. The molecule has 0 fully saturated rings. The van der Waals surface area contributed by atoms with Crippen LogP contribution in [0.1, 0.15) is 15.9 Å². The van der Waals surface area contributed by atoms with E-state index in [1.807, 2.05) is 6.07 Å². The van der Waals surface area contributed by atoms with Crippen LogP contribution in [0, 0.1) is 11.3 Å². The standard InChI is InChI=1S/C9H6BrNO3/c1-14-7-3-2-5(9(12)13)8(10)6(7)4-11/h2-3H,1H3,(H,12,13). The van der Waals surface area contributed by atoms with Gasteiger partial charge in [0.15, 0.2) is 0 Å². The normalized spacial score (nSPS) is 9.21. The van der Waals surface area contributed by atoms with Crippen LogP contribution >= 0.6 is 15.9 Å². The second-order valence-electron chi connectivity index (χ2n) is 2.42. The van der Waals surface area contributed by atoms with Gasteiger partial charge in [-0.1, -0.05) is 0 Å². The highest BCUT2D eigenvalue weighted by molar-refractivity contribution is 9.10. The summed E-state index contributed by atoms with van der Waals surface area (Å²) in [5, 5.41) is 17.6. The molecule has 0 bridgehead atoms. The van der Waals surface area contributed by atoms with Gasteiger partial charge >= 0.3 is 5.97 Å². The smallest absolute Gasteiger partial charge is 0.336 e. The van der Waals surface area contributed by atoms with Crippen LogP contribution in [0.25, 0.3) is 0 Å². The molecule has 1 aromatic carbocycles. The van der Waals surface area contributed by atoms with Gasteiger partial charge in [0.1, 0.15) is 17.4 Å². The molecule has 0 unspecified atom stereocenters. The minimum Gasteiger partial charge on any atom is -0.495 e. The molecule has 1 rings (SSSR count). The van der Waals surface area contributed by atoms with Gasteiger partial charge in [-0.2, -0.15) is 5.26 Å². The van der Waals surface area contributed by atoms with Crippen molar-refractivity contribution in [2.75, 3.05) is 7.11 Å². The van der Waals surface area contributed by atoms with Crippen LogP contribution in [0.3, 0.4) is 0 Å². The van der Waals surface area contributed by atoms with Crippen molar-refractivity contribution in [1.29, 1.82) is 5.26 Å². The predicted octanol–water partition coefficient (Wildman–Crippen LogP) is 2.03. The maximum atomic E-state index is 10.7. The first kappa shape index (κ1) is 10.5. The van der Waals surface area contributed by atoms with Gasteiger partial charge < -0.3 is 9.84 Å². The van der Waals surface area contributed by atoms with Gasteiger partial charge in [0.25, 0.3) is 0 Å². The molecule has 5 heteroatoms. The quantitative estimate of drug-likeness (QED) is 0.878. The topological polar surface area (TPSA) is 70.3 Å². The number of ether oxygens (including phenoxy) is 1. The summed E-state index contributed by atoms with van der Waals surface area (Å²) < 4.78 is 5.15. The van der Waals surface area contributed by atoms with Crippen LogP contribution in [-0.2, 0) is 0 Å². The number of rotatable bonds is 2. The highest BCUT2D eigenvalue weighted by Crippen LogP contribution is 2.29. The van der Waals surface area contributed by atoms with Crippen molar-refractivity contribution < 1.29 is 14.6 Å². The van der Waals surface area contributed by atoms with Crippen LogP contribution < -0.4 is 4.74 Å². The Labute approximate surface area is 88.9 Å². The number of hydrogen-bond acceptors (Lipinski definition) is 3. The number of aromatic carboxylic acids is 1. The molecule has 0 atom stereocenters. The van der Waals surface area contributed by atoms with E-state index in [0.717, 1.165) is 0 Å². The van der Waals surface area contributed by atoms with E-state index in [4.69, 9.17) is 15.1 Å². The molecule has 14 heavy (non-hydrogen) atoms. The lowest BCUT2D eigenvalue weighted by Gasteiger charge is -2.06. The Bertz CT molecular complexity index is 423. The fourth-order valence-corrected chi connectivity index (χ4v) is 1.58. The minimum absolute atomic E-state index is 0.0438. The number of methoxy groups -OCH3 is 1. The van der Waals surface area contributed by atoms with Gasteiger partial charge in [-0.25, -0.2) is 4.79 Å². The average Bonchev–Trinajstić information content (AvgIpc) is 2.16. The van der Waals surface area contributed by atoms with Crippen LogP contribution in [-0.4, -0.2) is 18.2 Å². The number of benzene rings is 1. The van der Waals surface area contributed by atoms with Gasteiger partial charge in [-0.3, -0.25) is 0 Å². The van der Waals surface area contributed by atoms with Crippen molar-refractivity contribution >= 4 is 21.9 Å². The summed E-state index contributed by atoms with van der Waals surface area (Å²) in [6.07, 6.45) is 0. The third-order valence-electron chi connectivity index (χ3n) is 1.67. The molecule has 1 N–H and O–H groups in total. The number of hydrogen-bond donors (Lipinski definition) is 1. The Kier molecular flexibility index (Phi) is 3.10. The molecule has 0 aromatic heterocycles. The Morgan fingerprint density at radius 2 is 2.29 bits per heavy atom. The molecule has 0 amide bonds. The molecule has 0 aliphatic carbocycles. The molecular weight excluding hydrogens is 250 g/mol. The fraction of sp³-hybridized carbons (Fsp3) is 0.111. The molecule has 0 saturated heterocycles. The zero-order valence-electron chi connectivity index (χ0n) is 7.24. The first-order chi connectivity index (χ1) is 6.61. The molecule has 0 radical (unpaired) electrons. The van der Waals surface area contributed by atoms with E-state index in [-0.39, 0.29) is 15.6 Å². The van der Waals surface area contributed by atoms with E-state index in [1.54, 1.807) is 0 Å². The number of carbonyl (C=O) groups is 1. The summed E-state index contributed by atoms with van der Waals surface area (Å²) in [4.78, 5) is 10.7. The van der Waals surface area contributed by atoms with Crippen molar-refractivity contribution in [3.63, 3.8) is 0 Å². The Morgan fingerprint density at radius 3 is 2.71 bits per heavy atom. The zero-order valence-corrected chi connectivity index (χ0v) is 8.83. The van der Waals surface area contributed by atoms with Crippen molar-refractivity contribution in [3.05, 3.63) is 27.7 Å². The average molecular weight is 256 g/mol. The summed E-state index contributed by atoms with van der Waals surface area (Å²) in [6.45, 7) is 0. The summed E-state index contributed by atoms with van der Waals surface area (Å²) in [6, 6.07) is 4.71. The molecule has 72 valence electrons. The molecule has 0 saturated carbocycles. The van der Waals surface area contributed by atoms with Crippen LogP contribution in [0.4, 0.5) is 0 Å². The van der Waals surface area contributed by atoms with Crippen molar-refractivity contribution in [2.45, 2.75) is 0 Å². The zero-order chi connectivity index (χ0) is 10.7. The minimum atomic E-state index is -1.09.